The van der Waals surface area contributed by atoms with Crippen molar-refractivity contribution in [1.29, 1.82) is 0 Å². The second-order valence-electron chi connectivity index (χ2n) is 3.08. The van der Waals surface area contributed by atoms with E-state index in [1.54, 1.807) is 0 Å². The molecule has 0 aliphatic heterocycles. The Morgan fingerprint density at radius 1 is 1.31 bits per heavy atom. The third-order valence-corrected chi connectivity index (χ3v) is 1.92. The number of carboxylic acids is 1. The maximum Gasteiger partial charge on any atom is 0.161 e. The average Bonchev–Trinajstić information content (AvgIpc) is 2.25. The predicted octanol–water partition coefficient (Wildman–Crippen LogP) is 0.0265. The van der Waals surface area contributed by atoms with Crippen molar-refractivity contribution in [1.82, 2.24) is 0 Å². The molecule has 0 fully saturated rings. The molecular weight excluding hydrogens is 212 g/mol. The summed E-state index contributed by atoms with van der Waals surface area (Å²) >= 11 is 0. The van der Waals surface area contributed by atoms with Gasteiger partial charge < -0.3 is 19.4 Å². The van der Waals surface area contributed by atoms with E-state index >= 15 is 0 Å². The number of methoxy groups -OCH3 is 1. The molecule has 0 radical (unpaired) electrons. The van der Waals surface area contributed by atoms with Crippen molar-refractivity contribution in [3.05, 3.63) is 23.8 Å². The average molecular weight is 223 g/mol. The molecule has 1 rings (SSSR count). The number of aliphatic carboxylic acids is 1. The monoisotopic (exact) mass is 223 g/mol. The van der Waals surface area contributed by atoms with E-state index < -0.39 is 12.6 Å². The number of hydrogen-bond donors (Lipinski definition) is 0. The molecule has 1 aromatic carbocycles. The van der Waals surface area contributed by atoms with Crippen LogP contribution in [0, 0.1) is 0 Å². The van der Waals surface area contributed by atoms with E-state index in [-0.39, 0.29) is 11.5 Å². The Morgan fingerprint density at radius 3 is 2.50 bits per heavy atom. The van der Waals surface area contributed by atoms with Gasteiger partial charge in [0.25, 0.3) is 0 Å². The molecule has 0 N–H and O–H groups in total. The van der Waals surface area contributed by atoms with Crippen molar-refractivity contribution in [2.24, 2.45) is 0 Å². The largest absolute Gasteiger partial charge is 0.546 e. The van der Waals surface area contributed by atoms with Gasteiger partial charge in [0.15, 0.2) is 17.3 Å². The van der Waals surface area contributed by atoms with E-state index in [9.17, 15) is 14.7 Å². The molecule has 0 saturated heterocycles. The summed E-state index contributed by atoms with van der Waals surface area (Å²) in [7, 11) is 1.41. The molecule has 0 saturated carbocycles. The highest BCUT2D eigenvalue weighted by Crippen LogP contribution is 2.28. The van der Waals surface area contributed by atoms with Crippen molar-refractivity contribution in [3.63, 3.8) is 0 Å². The first-order valence-corrected chi connectivity index (χ1v) is 4.56. The van der Waals surface area contributed by atoms with Gasteiger partial charge in [0.05, 0.1) is 13.1 Å². The van der Waals surface area contributed by atoms with Crippen LogP contribution < -0.4 is 14.6 Å². The second kappa shape index (κ2) is 5.16. The Balaban J connectivity index is 2.93. The Morgan fingerprint density at radius 2 is 2.00 bits per heavy atom. The van der Waals surface area contributed by atoms with Crippen LogP contribution >= 0.6 is 0 Å². The molecule has 0 atom stereocenters. The zero-order chi connectivity index (χ0) is 12.1. The van der Waals surface area contributed by atoms with Gasteiger partial charge in [-0.25, -0.2) is 0 Å². The quantitative estimate of drug-likeness (QED) is 0.658. The summed E-state index contributed by atoms with van der Waals surface area (Å²) in [5.41, 5.74) is 0.470. The lowest BCUT2D eigenvalue weighted by Crippen LogP contribution is -2.29. The Bertz CT molecular complexity index is 411. The van der Waals surface area contributed by atoms with Crippen molar-refractivity contribution in [2.45, 2.75) is 6.92 Å². The van der Waals surface area contributed by atoms with Gasteiger partial charge in [-0.15, -0.1) is 0 Å². The summed E-state index contributed by atoms with van der Waals surface area (Å²) in [6.45, 7) is 0.867. The molecule has 5 nitrogen and oxygen atoms in total. The van der Waals surface area contributed by atoms with Crippen molar-refractivity contribution in [2.75, 3.05) is 13.7 Å². The van der Waals surface area contributed by atoms with E-state index in [2.05, 4.69) is 0 Å². The third kappa shape index (κ3) is 2.98. The molecule has 0 heterocycles. The van der Waals surface area contributed by atoms with Gasteiger partial charge in [-0.3, -0.25) is 4.79 Å². The van der Waals surface area contributed by atoms with Gasteiger partial charge in [0, 0.05) is 5.56 Å². The highest BCUT2D eigenvalue weighted by atomic mass is 16.5. The van der Waals surface area contributed by atoms with Gasteiger partial charge in [-0.1, -0.05) is 0 Å². The number of hydrogen-bond acceptors (Lipinski definition) is 5. The summed E-state index contributed by atoms with van der Waals surface area (Å²) in [6, 6.07) is 4.51. The van der Waals surface area contributed by atoms with Crippen LogP contribution in [0.1, 0.15) is 17.3 Å². The zero-order valence-electron chi connectivity index (χ0n) is 8.98. The third-order valence-electron chi connectivity index (χ3n) is 1.92. The first-order valence-electron chi connectivity index (χ1n) is 4.56. The first kappa shape index (κ1) is 12.0. The maximum absolute atomic E-state index is 11.1. The Hall–Kier alpha value is -2.04. The number of carbonyl (C=O) groups is 2. The van der Waals surface area contributed by atoms with Crippen molar-refractivity contribution in [3.8, 4) is 11.5 Å². The van der Waals surface area contributed by atoms with Crippen LogP contribution in [0.3, 0.4) is 0 Å². The normalized spacial score (nSPS) is 9.62. The summed E-state index contributed by atoms with van der Waals surface area (Å²) in [5.74, 6) is -0.854. The zero-order valence-corrected chi connectivity index (χ0v) is 8.98. The molecule has 0 unspecified atom stereocenters. The summed E-state index contributed by atoms with van der Waals surface area (Å²) in [6.07, 6.45) is 0. The van der Waals surface area contributed by atoms with Gasteiger partial charge in [0.1, 0.15) is 6.61 Å². The molecule has 0 aromatic heterocycles. The van der Waals surface area contributed by atoms with Crippen LogP contribution in [0.15, 0.2) is 18.2 Å². The predicted molar refractivity (Wildman–Crippen MR) is 53.5 cm³/mol. The Kier molecular flexibility index (Phi) is 3.88. The van der Waals surface area contributed by atoms with Crippen LogP contribution in [-0.4, -0.2) is 25.5 Å². The number of rotatable bonds is 5. The summed E-state index contributed by atoms with van der Waals surface area (Å²) in [4.78, 5) is 21.3. The van der Waals surface area contributed by atoms with E-state index in [4.69, 9.17) is 9.47 Å². The SMILES string of the molecule is COc1cc(C(C)=O)ccc1OCC(=O)[O-]. The van der Waals surface area contributed by atoms with E-state index in [1.807, 2.05) is 0 Å². The van der Waals surface area contributed by atoms with E-state index in [0.29, 0.717) is 11.3 Å². The minimum Gasteiger partial charge on any atom is -0.546 e. The summed E-state index contributed by atoms with van der Waals surface area (Å²) in [5, 5.41) is 10.2. The summed E-state index contributed by atoms with van der Waals surface area (Å²) < 4.78 is 9.90. The molecule has 1 aromatic rings. The lowest BCUT2D eigenvalue weighted by atomic mass is 10.1. The molecule has 0 amide bonds. The molecule has 0 bridgehead atoms. The first-order chi connectivity index (χ1) is 7.54. The molecule has 86 valence electrons. The van der Waals surface area contributed by atoms with E-state index in [0.717, 1.165) is 0 Å². The number of ether oxygens (including phenoxy) is 2. The highest BCUT2D eigenvalue weighted by Gasteiger charge is 2.08. The van der Waals surface area contributed by atoms with Gasteiger partial charge in [-0.2, -0.15) is 0 Å². The molecule has 0 spiro atoms. The van der Waals surface area contributed by atoms with Crippen LogP contribution in [0.4, 0.5) is 0 Å². The number of carboxylic acid groups (broad SMARTS) is 1. The van der Waals surface area contributed by atoms with Crippen LogP contribution in [0.2, 0.25) is 0 Å². The number of carbonyl (C=O) groups excluding carboxylic acids is 2. The molecular formula is C11H11O5-. The van der Waals surface area contributed by atoms with Gasteiger partial charge in [-0.05, 0) is 25.1 Å². The fraction of sp³-hybridized carbons (Fsp3) is 0.273. The minimum absolute atomic E-state index is 0.107. The molecule has 5 heteroatoms. The number of Topliss-reactive ketones (excluding diaryl/α,β-unsaturated/α-hetero) is 1. The lowest BCUT2D eigenvalue weighted by molar-refractivity contribution is -0.307. The molecule has 0 aliphatic carbocycles. The smallest absolute Gasteiger partial charge is 0.161 e. The van der Waals surface area contributed by atoms with E-state index in [1.165, 1.54) is 32.2 Å². The van der Waals surface area contributed by atoms with Crippen molar-refractivity contribution >= 4 is 11.8 Å². The Labute approximate surface area is 92.6 Å². The minimum atomic E-state index is -1.32. The second-order valence-corrected chi connectivity index (χ2v) is 3.08. The standard InChI is InChI=1S/C11H12O5/c1-7(12)8-3-4-9(10(5-8)15-2)16-6-11(13)14/h3-5H,6H2,1-2H3,(H,13,14)/p-1. The fourth-order valence-corrected chi connectivity index (χ4v) is 1.14. The molecule has 16 heavy (non-hydrogen) atoms. The molecule has 0 aliphatic rings. The van der Waals surface area contributed by atoms with Crippen LogP contribution in [-0.2, 0) is 4.79 Å². The highest BCUT2D eigenvalue weighted by molar-refractivity contribution is 5.94. The van der Waals surface area contributed by atoms with Crippen molar-refractivity contribution < 1.29 is 24.2 Å². The van der Waals surface area contributed by atoms with Gasteiger partial charge >= 0.3 is 0 Å². The number of ketones is 1. The maximum atomic E-state index is 11.1. The lowest BCUT2D eigenvalue weighted by Gasteiger charge is -2.11. The topological polar surface area (TPSA) is 75.7 Å². The van der Waals surface area contributed by atoms with Crippen LogP contribution in [0.25, 0.3) is 0 Å². The fourth-order valence-electron chi connectivity index (χ4n) is 1.14. The van der Waals surface area contributed by atoms with Crippen LogP contribution in [0.5, 0.6) is 11.5 Å². The van der Waals surface area contributed by atoms with Gasteiger partial charge in [0.2, 0.25) is 0 Å². The number of benzene rings is 1.